The van der Waals surface area contributed by atoms with Crippen LogP contribution in [0, 0.1) is 0 Å². The van der Waals surface area contributed by atoms with Crippen LogP contribution in [0.25, 0.3) is 0 Å². The van der Waals surface area contributed by atoms with Crippen molar-refractivity contribution in [2.75, 3.05) is 11.5 Å². The Morgan fingerprint density at radius 3 is 1.27 bits per heavy atom. The van der Waals surface area contributed by atoms with Gasteiger partial charge in [-0.2, -0.15) is 50.5 Å². The zero-order chi connectivity index (χ0) is 11.5. The van der Waals surface area contributed by atoms with Crippen LogP contribution >= 0.6 is 50.5 Å². The largest absolute Gasteiger partial charge is 0.179 e. The van der Waals surface area contributed by atoms with Crippen LogP contribution in [-0.2, 0) is 0 Å². The van der Waals surface area contributed by atoms with Crippen LogP contribution in [0.5, 0.6) is 0 Å². The van der Waals surface area contributed by atoms with Gasteiger partial charge in [-0.05, 0) is 50.0 Å². The Morgan fingerprint density at radius 1 is 0.600 bits per heavy atom. The molecule has 0 fully saturated rings. The molecule has 0 aliphatic carbocycles. The molecular formula is C11H24S4. The lowest BCUT2D eigenvalue weighted by atomic mass is 10.1. The molecule has 2 unspecified atom stereocenters. The quantitative estimate of drug-likeness (QED) is 0.425. The van der Waals surface area contributed by atoms with E-state index < -0.39 is 0 Å². The second-order valence-corrected chi connectivity index (χ2v) is 6.33. The van der Waals surface area contributed by atoms with Crippen molar-refractivity contribution >= 4 is 50.5 Å². The van der Waals surface area contributed by atoms with Gasteiger partial charge in [0, 0.05) is 10.5 Å². The first-order chi connectivity index (χ1) is 7.20. The average molecular weight is 285 g/mol. The van der Waals surface area contributed by atoms with E-state index in [1.165, 1.54) is 44.9 Å². The van der Waals surface area contributed by atoms with E-state index in [1.807, 2.05) is 0 Å². The summed E-state index contributed by atoms with van der Waals surface area (Å²) in [5.74, 6) is 1.96. The third kappa shape index (κ3) is 11.7. The maximum absolute atomic E-state index is 4.57. The minimum Gasteiger partial charge on any atom is -0.179 e. The Hall–Kier alpha value is 1.40. The van der Waals surface area contributed by atoms with E-state index in [0.29, 0.717) is 10.5 Å². The Kier molecular flexibility index (Phi) is 13.0. The van der Waals surface area contributed by atoms with Gasteiger partial charge >= 0.3 is 0 Å². The molecule has 2 atom stereocenters. The lowest BCUT2D eigenvalue weighted by Crippen LogP contribution is -2.03. The standard InChI is InChI=1S/C11H24S4/c12-8-2-6-10(14)4-1-5-11(15)7-3-9-13/h10-15H,1-9H2. The SMILES string of the molecule is SCCCC(S)CCCC(S)CCCS. The molecule has 0 saturated carbocycles. The molecule has 0 aromatic carbocycles. The Morgan fingerprint density at radius 2 is 0.933 bits per heavy atom. The maximum Gasteiger partial charge on any atom is 0.00171 e. The third-order valence-corrected chi connectivity index (χ3v) is 4.13. The number of hydrogen-bond donors (Lipinski definition) is 4. The van der Waals surface area contributed by atoms with Crippen molar-refractivity contribution in [3.63, 3.8) is 0 Å². The van der Waals surface area contributed by atoms with Crippen LogP contribution in [0.3, 0.4) is 0 Å². The zero-order valence-corrected chi connectivity index (χ0v) is 12.9. The Balaban J connectivity index is 3.27. The third-order valence-electron chi connectivity index (χ3n) is 2.47. The van der Waals surface area contributed by atoms with Crippen LogP contribution in [0.2, 0.25) is 0 Å². The molecule has 0 N–H and O–H groups in total. The second-order valence-electron chi connectivity index (χ2n) is 3.97. The molecule has 0 amide bonds. The van der Waals surface area contributed by atoms with Crippen molar-refractivity contribution in [2.24, 2.45) is 0 Å². The van der Waals surface area contributed by atoms with Gasteiger partial charge in [0.2, 0.25) is 0 Å². The fourth-order valence-corrected chi connectivity index (χ4v) is 2.63. The molecule has 4 heteroatoms. The highest BCUT2D eigenvalue weighted by Crippen LogP contribution is 2.18. The zero-order valence-electron chi connectivity index (χ0n) is 9.31. The first-order valence-corrected chi connectivity index (χ1v) is 8.08. The van der Waals surface area contributed by atoms with Crippen LogP contribution < -0.4 is 0 Å². The highest BCUT2D eigenvalue weighted by atomic mass is 32.1. The number of thiol groups is 4. The molecule has 0 bridgehead atoms. The van der Waals surface area contributed by atoms with Gasteiger partial charge in [-0.3, -0.25) is 0 Å². The van der Waals surface area contributed by atoms with Crippen LogP contribution in [-0.4, -0.2) is 22.0 Å². The molecule has 0 radical (unpaired) electrons. The molecule has 0 aromatic rings. The van der Waals surface area contributed by atoms with E-state index in [0.717, 1.165) is 11.5 Å². The summed E-state index contributed by atoms with van der Waals surface area (Å²) in [5.41, 5.74) is 0. The van der Waals surface area contributed by atoms with Gasteiger partial charge in [0.15, 0.2) is 0 Å². The fraction of sp³-hybridized carbons (Fsp3) is 1.00. The molecule has 0 heterocycles. The molecule has 0 aliphatic heterocycles. The molecule has 0 aliphatic rings. The molecule has 0 rings (SSSR count). The highest BCUT2D eigenvalue weighted by Gasteiger charge is 2.05. The lowest BCUT2D eigenvalue weighted by molar-refractivity contribution is 0.595. The minimum absolute atomic E-state index is 0.558. The lowest BCUT2D eigenvalue weighted by Gasteiger charge is -2.12. The summed E-state index contributed by atoms with van der Waals surface area (Å²) in [5, 5.41) is 1.12. The molecule has 0 spiro atoms. The maximum atomic E-state index is 4.57. The van der Waals surface area contributed by atoms with Crippen LogP contribution in [0.1, 0.15) is 44.9 Å². The summed E-state index contributed by atoms with van der Waals surface area (Å²) in [7, 11) is 0. The van der Waals surface area contributed by atoms with Crippen molar-refractivity contribution in [3.05, 3.63) is 0 Å². The van der Waals surface area contributed by atoms with Gasteiger partial charge in [-0.25, -0.2) is 0 Å². The minimum atomic E-state index is 0.558. The van der Waals surface area contributed by atoms with Gasteiger partial charge in [0.25, 0.3) is 0 Å². The van der Waals surface area contributed by atoms with Crippen LogP contribution in [0.15, 0.2) is 0 Å². The average Bonchev–Trinajstić information content (AvgIpc) is 2.23. The van der Waals surface area contributed by atoms with Gasteiger partial charge in [0.05, 0.1) is 0 Å². The van der Waals surface area contributed by atoms with Crippen LogP contribution in [0.4, 0.5) is 0 Å². The van der Waals surface area contributed by atoms with Gasteiger partial charge < -0.3 is 0 Å². The van der Waals surface area contributed by atoms with Crippen molar-refractivity contribution in [2.45, 2.75) is 55.4 Å². The molecule has 92 valence electrons. The molecule has 15 heavy (non-hydrogen) atoms. The van der Waals surface area contributed by atoms with E-state index >= 15 is 0 Å². The summed E-state index contributed by atoms with van der Waals surface area (Å²) in [6.45, 7) is 0. The number of hydrogen-bond acceptors (Lipinski definition) is 4. The van der Waals surface area contributed by atoms with Crippen molar-refractivity contribution in [3.8, 4) is 0 Å². The van der Waals surface area contributed by atoms with Gasteiger partial charge in [-0.1, -0.05) is 6.42 Å². The summed E-state index contributed by atoms with van der Waals surface area (Å²) in [6, 6.07) is 0. The fourth-order valence-electron chi connectivity index (χ4n) is 1.53. The smallest absolute Gasteiger partial charge is 0.00171 e. The summed E-state index contributed by atoms with van der Waals surface area (Å²) in [4.78, 5) is 0. The first-order valence-electron chi connectivity index (χ1n) is 5.78. The Bertz CT molecular complexity index is 116. The Labute approximate surface area is 117 Å². The second kappa shape index (κ2) is 11.9. The summed E-state index contributed by atoms with van der Waals surface area (Å²) >= 11 is 17.5. The van der Waals surface area contributed by atoms with E-state index in [1.54, 1.807) is 0 Å². The normalized spacial score (nSPS) is 15.2. The number of rotatable bonds is 10. The molecule has 0 saturated heterocycles. The summed E-state index contributed by atoms with van der Waals surface area (Å²) < 4.78 is 0. The molecule has 0 nitrogen and oxygen atoms in total. The van der Waals surface area contributed by atoms with Crippen molar-refractivity contribution in [1.82, 2.24) is 0 Å². The molecule has 0 aromatic heterocycles. The van der Waals surface area contributed by atoms with Crippen molar-refractivity contribution < 1.29 is 0 Å². The highest BCUT2D eigenvalue weighted by molar-refractivity contribution is 7.81. The predicted molar refractivity (Wildman–Crippen MR) is 85.6 cm³/mol. The van der Waals surface area contributed by atoms with Gasteiger partial charge in [0.1, 0.15) is 0 Å². The van der Waals surface area contributed by atoms with E-state index in [-0.39, 0.29) is 0 Å². The summed E-state index contributed by atoms with van der Waals surface area (Å²) in [6.07, 6.45) is 8.44. The topological polar surface area (TPSA) is 0 Å². The first kappa shape index (κ1) is 16.4. The van der Waals surface area contributed by atoms with Gasteiger partial charge in [-0.15, -0.1) is 0 Å². The predicted octanol–water partition coefficient (Wildman–Crippen LogP) is 4.17. The molecular weight excluding hydrogens is 260 g/mol. The van der Waals surface area contributed by atoms with E-state index in [2.05, 4.69) is 50.5 Å². The van der Waals surface area contributed by atoms with Crippen molar-refractivity contribution in [1.29, 1.82) is 0 Å². The van der Waals surface area contributed by atoms with E-state index in [9.17, 15) is 0 Å². The monoisotopic (exact) mass is 284 g/mol. The van der Waals surface area contributed by atoms with E-state index in [4.69, 9.17) is 0 Å².